The predicted octanol–water partition coefficient (Wildman–Crippen LogP) is 1.30. The van der Waals surface area contributed by atoms with Crippen molar-refractivity contribution in [1.82, 2.24) is 5.32 Å². The normalized spacial score (nSPS) is 11.9. The molecular weight excluding hydrogens is 194 g/mol. The molecule has 0 fully saturated rings. The fourth-order valence-corrected chi connectivity index (χ4v) is 1.10. The molecule has 1 rings (SSSR count). The predicted molar refractivity (Wildman–Crippen MR) is 56.9 cm³/mol. The van der Waals surface area contributed by atoms with Gasteiger partial charge in [0.25, 0.3) is 5.91 Å². The van der Waals surface area contributed by atoms with E-state index in [1.54, 1.807) is 19.1 Å². The fourth-order valence-electron chi connectivity index (χ4n) is 1.10. The SMILES string of the molecule is CCNC(=O)C(C)Oc1ccc(O)cc1. The maximum Gasteiger partial charge on any atom is 0.260 e. The van der Waals surface area contributed by atoms with Crippen LogP contribution in [0.25, 0.3) is 0 Å². The summed E-state index contributed by atoms with van der Waals surface area (Å²) < 4.78 is 5.36. The van der Waals surface area contributed by atoms with Gasteiger partial charge in [-0.3, -0.25) is 4.79 Å². The van der Waals surface area contributed by atoms with E-state index in [1.807, 2.05) is 6.92 Å². The van der Waals surface area contributed by atoms with Crippen molar-refractivity contribution in [2.24, 2.45) is 0 Å². The largest absolute Gasteiger partial charge is 0.508 e. The van der Waals surface area contributed by atoms with Crippen molar-refractivity contribution in [3.8, 4) is 11.5 Å². The summed E-state index contributed by atoms with van der Waals surface area (Å²) >= 11 is 0. The summed E-state index contributed by atoms with van der Waals surface area (Å²) in [5.41, 5.74) is 0. The van der Waals surface area contributed by atoms with Gasteiger partial charge in [0.2, 0.25) is 0 Å². The zero-order chi connectivity index (χ0) is 11.3. The van der Waals surface area contributed by atoms with Gasteiger partial charge >= 0.3 is 0 Å². The Morgan fingerprint density at radius 3 is 2.60 bits per heavy atom. The molecule has 4 nitrogen and oxygen atoms in total. The van der Waals surface area contributed by atoms with E-state index in [1.165, 1.54) is 12.1 Å². The number of likely N-dealkylation sites (N-methyl/N-ethyl adjacent to an activating group) is 1. The molecule has 1 atom stereocenters. The van der Waals surface area contributed by atoms with Crippen molar-refractivity contribution in [2.75, 3.05) is 6.54 Å². The van der Waals surface area contributed by atoms with Gasteiger partial charge in [-0.25, -0.2) is 0 Å². The average molecular weight is 209 g/mol. The van der Waals surface area contributed by atoms with Crippen LogP contribution >= 0.6 is 0 Å². The van der Waals surface area contributed by atoms with Gasteiger partial charge in [0.15, 0.2) is 6.10 Å². The molecule has 0 aromatic heterocycles. The van der Waals surface area contributed by atoms with Gasteiger partial charge in [-0.15, -0.1) is 0 Å². The molecule has 0 aliphatic rings. The molecule has 1 aromatic carbocycles. The first kappa shape index (κ1) is 11.4. The Balaban J connectivity index is 2.54. The van der Waals surface area contributed by atoms with Gasteiger partial charge < -0.3 is 15.2 Å². The monoisotopic (exact) mass is 209 g/mol. The first-order valence-corrected chi connectivity index (χ1v) is 4.87. The number of hydrogen-bond acceptors (Lipinski definition) is 3. The lowest BCUT2D eigenvalue weighted by atomic mass is 10.3. The minimum absolute atomic E-state index is 0.148. The number of nitrogens with one attached hydrogen (secondary N) is 1. The van der Waals surface area contributed by atoms with E-state index >= 15 is 0 Å². The number of ether oxygens (including phenoxy) is 1. The van der Waals surface area contributed by atoms with Crippen LogP contribution in [0.15, 0.2) is 24.3 Å². The van der Waals surface area contributed by atoms with Crippen LogP contribution in [0.3, 0.4) is 0 Å². The van der Waals surface area contributed by atoms with E-state index in [-0.39, 0.29) is 11.7 Å². The number of hydrogen-bond donors (Lipinski definition) is 2. The topological polar surface area (TPSA) is 58.6 Å². The smallest absolute Gasteiger partial charge is 0.260 e. The number of benzene rings is 1. The minimum Gasteiger partial charge on any atom is -0.508 e. The zero-order valence-corrected chi connectivity index (χ0v) is 8.86. The molecule has 0 heterocycles. The first-order chi connectivity index (χ1) is 7.13. The molecule has 1 unspecified atom stereocenters. The summed E-state index contributed by atoms with van der Waals surface area (Å²) in [6.45, 7) is 4.12. The van der Waals surface area contributed by atoms with E-state index in [2.05, 4.69) is 5.32 Å². The Kier molecular flexibility index (Phi) is 3.97. The molecule has 82 valence electrons. The summed E-state index contributed by atoms with van der Waals surface area (Å²) in [5.74, 6) is 0.588. The standard InChI is InChI=1S/C11H15NO3/c1-3-12-11(14)8(2)15-10-6-4-9(13)5-7-10/h4-8,13H,3H2,1-2H3,(H,12,14). The van der Waals surface area contributed by atoms with Crippen molar-refractivity contribution >= 4 is 5.91 Å². The van der Waals surface area contributed by atoms with Gasteiger partial charge in [0.05, 0.1) is 0 Å². The molecule has 0 spiro atoms. The molecule has 2 N–H and O–H groups in total. The van der Waals surface area contributed by atoms with Crippen LogP contribution in [-0.2, 0) is 4.79 Å². The summed E-state index contributed by atoms with van der Waals surface area (Å²) in [7, 11) is 0. The molecule has 0 aliphatic heterocycles. The lowest BCUT2D eigenvalue weighted by Gasteiger charge is -2.13. The van der Waals surface area contributed by atoms with Crippen molar-refractivity contribution in [1.29, 1.82) is 0 Å². The van der Waals surface area contributed by atoms with Gasteiger partial charge in [-0.05, 0) is 38.1 Å². The highest BCUT2D eigenvalue weighted by Gasteiger charge is 2.12. The number of phenolic OH excluding ortho intramolecular Hbond substituents is 1. The third-order valence-electron chi connectivity index (χ3n) is 1.87. The van der Waals surface area contributed by atoms with Gasteiger partial charge in [-0.2, -0.15) is 0 Å². The molecule has 0 radical (unpaired) electrons. The Labute approximate surface area is 88.9 Å². The van der Waals surface area contributed by atoms with E-state index in [4.69, 9.17) is 9.84 Å². The van der Waals surface area contributed by atoms with Crippen molar-refractivity contribution in [3.63, 3.8) is 0 Å². The van der Waals surface area contributed by atoms with Crippen LogP contribution in [0.1, 0.15) is 13.8 Å². The lowest BCUT2D eigenvalue weighted by molar-refractivity contribution is -0.127. The summed E-state index contributed by atoms with van der Waals surface area (Å²) in [6, 6.07) is 6.26. The number of phenols is 1. The fraction of sp³-hybridized carbons (Fsp3) is 0.364. The highest BCUT2D eigenvalue weighted by molar-refractivity contribution is 5.80. The second-order valence-corrected chi connectivity index (χ2v) is 3.15. The van der Waals surface area contributed by atoms with E-state index in [0.717, 1.165) is 0 Å². The molecule has 0 saturated heterocycles. The summed E-state index contributed by atoms with van der Waals surface area (Å²) in [6.07, 6.45) is -0.533. The first-order valence-electron chi connectivity index (χ1n) is 4.87. The van der Waals surface area contributed by atoms with E-state index in [0.29, 0.717) is 12.3 Å². The Hall–Kier alpha value is -1.71. The number of carbonyl (C=O) groups excluding carboxylic acids is 1. The third-order valence-corrected chi connectivity index (χ3v) is 1.87. The van der Waals surface area contributed by atoms with Crippen molar-refractivity contribution in [2.45, 2.75) is 20.0 Å². The molecule has 0 aliphatic carbocycles. The summed E-state index contributed by atoms with van der Waals surface area (Å²) in [4.78, 5) is 11.3. The molecule has 15 heavy (non-hydrogen) atoms. The van der Waals surface area contributed by atoms with Crippen LogP contribution in [0, 0.1) is 0 Å². The van der Waals surface area contributed by atoms with E-state index < -0.39 is 6.10 Å². The molecule has 0 bridgehead atoms. The number of carbonyl (C=O) groups is 1. The number of aromatic hydroxyl groups is 1. The molecule has 4 heteroatoms. The molecular formula is C11H15NO3. The lowest BCUT2D eigenvalue weighted by Crippen LogP contribution is -2.36. The van der Waals surface area contributed by atoms with Crippen LogP contribution in [-0.4, -0.2) is 23.7 Å². The second kappa shape index (κ2) is 5.24. The maximum atomic E-state index is 11.3. The number of rotatable bonds is 4. The quantitative estimate of drug-likeness (QED) is 0.785. The minimum atomic E-state index is -0.533. The van der Waals surface area contributed by atoms with Gasteiger partial charge in [0, 0.05) is 6.54 Å². The molecule has 1 aromatic rings. The van der Waals surface area contributed by atoms with Crippen LogP contribution < -0.4 is 10.1 Å². The molecule has 1 amide bonds. The van der Waals surface area contributed by atoms with Crippen molar-refractivity contribution in [3.05, 3.63) is 24.3 Å². The van der Waals surface area contributed by atoms with Gasteiger partial charge in [-0.1, -0.05) is 0 Å². The second-order valence-electron chi connectivity index (χ2n) is 3.15. The Bertz CT molecular complexity index is 321. The summed E-state index contributed by atoms with van der Waals surface area (Å²) in [5, 5.41) is 11.7. The third kappa shape index (κ3) is 3.50. The number of amides is 1. The zero-order valence-electron chi connectivity index (χ0n) is 8.86. The Morgan fingerprint density at radius 2 is 2.07 bits per heavy atom. The highest BCUT2D eigenvalue weighted by atomic mass is 16.5. The van der Waals surface area contributed by atoms with E-state index in [9.17, 15) is 4.79 Å². The molecule has 0 saturated carbocycles. The van der Waals surface area contributed by atoms with Gasteiger partial charge in [0.1, 0.15) is 11.5 Å². The van der Waals surface area contributed by atoms with Crippen LogP contribution in [0.4, 0.5) is 0 Å². The maximum absolute atomic E-state index is 11.3. The van der Waals surface area contributed by atoms with Crippen LogP contribution in [0.5, 0.6) is 11.5 Å². The highest BCUT2D eigenvalue weighted by Crippen LogP contribution is 2.17. The van der Waals surface area contributed by atoms with Crippen molar-refractivity contribution < 1.29 is 14.6 Å². The Morgan fingerprint density at radius 1 is 1.47 bits per heavy atom. The average Bonchev–Trinajstić information content (AvgIpc) is 2.22. The van der Waals surface area contributed by atoms with Crippen LogP contribution in [0.2, 0.25) is 0 Å².